The van der Waals surface area contributed by atoms with Crippen LogP contribution in [0.25, 0.3) is 11.3 Å². The van der Waals surface area contributed by atoms with E-state index in [1.54, 1.807) is 24.3 Å². The number of carbonyl (C=O) groups is 2. The highest BCUT2D eigenvalue weighted by Crippen LogP contribution is 2.42. The van der Waals surface area contributed by atoms with E-state index < -0.39 is 5.91 Å². The Labute approximate surface area is 206 Å². The molecule has 0 atom stereocenters. The molecule has 0 unspecified atom stereocenters. The van der Waals surface area contributed by atoms with Gasteiger partial charge in [0.2, 0.25) is 0 Å². The van der Waals surface area contributed by atoms with E-state index >= 15 is 0 Å². The number of anilines is 1. The number of hydrogen-bond donors (Lipinski definition) is 3. The molecule has 4 aromatic rings. The van der Waals surface area contributed by atoms with E-state index in [1.807, 2.05) is 36.4 Å². The molecule has 2 amide bonds. The Morgan fingerprint density at radius 1 is 1.06 bits per heavy atom. The molecule has 1 saturated carbocycles. The van der Waals surface area contributed by atoms with E-state index in [4.69, 9.17) is 11.6 Å². The minimum Gasteiger partial charge on any atom is -0.507 e. The van der Waals surface area contributed by atoms with Gasteiger partial charge in [-0.05, 0) is 54.8 Å². The number of aromatic nitrogens is 3. The number of nitrogens with one attached hydrogen (secondary N) is 2. The SMILES string of the molecule is O=C(Nc1ccc(O)c(-c2cc(C3CC3)n(C(=O)NCc3ccccc3)n2)c1)c1cccnc1Cl. The molecule has 35 heavy (non-hydrogen) atoms. The number of amides is 2. The summed E-state index contributed by atoms with van der Waals surface area (Å²) in [4.78, 5) is 29.5. The number of nitrogens with zero attached hydrogens (tertiary/aromatic N) is 3. The van der Waals surface area contributed by atoms with Crippen molar-refractivity contribution in [1.29, 1.82) is 0 Å². The van der Waals surface area contributed by atoms with Gasteiger partial charge in [-0.1, -0.05) is 41.9 Å². The molecule has 176 valence electrons. The van der Waals surface area contributed by atoms with Crippen molar-refractivity contribution in [2.45, 2.75) is 25.3 Å². The average molecular weight is 488 g/mol. The average Bonchev–Trinajstić information content (AvgIpc) is 3.62. The maximum Gasteiger partial charge on any atom is 0.342 e. The second-order valence-corrected chi connectivity index (χ2v) is 8.67. The summed E-state index contributed by atoms with van der Waals surface area (Å²) in [7, 11) is 0. The summed E-state index contributed by atoms with van der Waals surface area (Å²) in [6, 6.07) is 19.0. The van der Waals surface area contributed by atoms with Crippen molar-refractivity contribution in [3.63, 3.8) is 0 Å². The number of rotatable bonds is 6. The highest BCUT2D eigenvalue weighted by atomic mass is 35.5. The molecule has 0 spiro atoms. The van der Waals surface area contributed by atoms with Gasteiger partial charge in [0.15, 0.2) is 0 Å². The molecule has 3 N–H and O–H groups in total. The Hall–Kier alpha value is -4.17. The van der Waals surface area contributed by atoms with Crippen LogP contribution in [0, 0.1) is 0 Å². The first kappa shape index (κ1) is 22.6. The highest BCUT2D eigenvalue weighted by molar-refractivity contribution is 6.33. The molecule has 0 aliphatic heterocycles. The summed E-state index contributed by atoms with van der Waals surface area (Å²) in [5.41, 5.74) is 3.29. The maximum atomic E-state index is 13.0. The third-order valence-corrected chi connectivity index (χ3v) is 6.05. The van der Waals surface area contributed by atoms with Crippen molar-refractivity contribution in [2.24, 2.45) is 0 Å². The van der Waals surface area contributed by atoms with Crippen molar-refractivity contribution in [3.8, 4) is 17.0 Å². The molecule has 0 bridgehead atoms. The molecule has 2 aromatic carbocycles. The number of pyridine rings is 1. The fourth-order valence-corrected chi connectivity index (χ4v) is 3.99. The molecule has 2 heterocycles. The van der Waals surface area contributed by atoms with Crippen molar-refractivity contribution in [1.82, 2.24) is 20.1 Å². The third kappa shape index (κ3) is 5.02. The van der Waals surface area contributed by atoms with Gasteiger partial charge < -0.3 is 15.7 Å². The summed E-state index contributed by atoms with van der Waals surface area (Å²) in [6.45, 7) is 0.378. The van der Waals surface area contributed by atoms with E-state index in [2.05, 4.69) is 20.7 Å². The van der Waals surface area contributed by atoms with Crippen LogP contribution in [0.5, 0.6) is 5.75 Å². The first-order chi connectivity index (χ1) is 17.0. The normalized spacial score (nSPS) is 12.8. The number of benzene rings is 2. The topological polar surface area (TPSA) is 109 Å². The number of hydrogen-bond acceptors (Lipinski definition) is 5. The zero-order valence-electron chi connectivity index (χ0n) is 18.6. The second kappa shape index (κ2) is 9.60. The predicted octanol–water partition coefficient (Wildman–Crippen LogP) is 5.19. The Kier molecular flexibility index (Phi) is 6.20. The van der Waals surface area contributed by atoms with Gasteiger partial charge >= 0.3 is 6.03 Å². The number of phenolic OH excluding ortho intramolecular Hbond substituents is 1. The fourth-order valence-electron chi connectivity index (χ4n) is 3.78. The quantitative estimate of drug-likeness (QED) is 0.256. The maximum absolute atomic E-state index is 13.0. The summed E-state index contributed by atoms with van der Waals surface area (Å²) >= 11 is 6.03. The second-order valence-electron chi connectivity index (χ2n) is 8.31. The Morgan fingerprint density at radius 3 is 2.60 bits per heavy atom. The minimum absolute atomic E-state index is 0.0147. The standard InChI is InChI=1S/C26H22ClN5O3/c27-24-19(7-4-12-28-24)25(34)30-18-10-11-23(33)20(13-18)21-14-22(17-8-9-17)32(31-21)26(35)29-15-16-5-2-1-3-6-16/h1-7,10-14,17,33H,8-9,15H2,(H,29,35)(H,30,34). The molecule has 1 aliphatic rings. The van der Waals surface area contributed by atoms with Crippen LogP contribution in [-0.2, 0) is 6.54 Å². The van der Waals surface area contributed by atoms with Crippen LogP contribution >= 0.6 is 11.6 Å². The predicted molar refractivity (Wildman–Crippen MR) is 133 cm³/mol. The van der Waals surface area contributed by atoms with Crippen LogP contribution in [0.1, 0.15) is 40.4 Å². The fraction of sp³-hybridized carbons (Fsp3) is 0.154. The zero-order valence-corrected chi connectivity index (χ0v) is 19.4. The molecule has 1 fully saturated rings. The van der Waals surface area contributed by atoms with Crippen LogP contribution in [0.4, 0.5) is 10.5 Å². The van der Waals surface area contributed by atoms with Crippen LogP contribution in [0.3, 0.4) is 0 Å². The Bertz CT molecular complexity index is 1400. The van der Waals surface area contributed by atoms with E-state index in [-0.39, 0.29) is 28.4 Å². The van der Waals surface area contributed by atoms with Crippen molar-refractivity contribution < 1.29 is 14.7 Å². The summed E-state index contributed by atoms with van der Waals surface area (Å²) in [6.07, 6.45) is 3.46. The van der Waals surface area contributed by atoms with E-state index in [0.29, 0.717) is 23.5 Å². The van der Waals surface area contributed by atoms with Crippen LogP contribution in [-0.4, -0.2) is 31.8 Å². The van der Waals surface area contributed by atoms with E-state index in [0.717, 1.165) is 24.1 Å². The van der Waals surface area contributed by atoms with Gasteiger partial charge in [0.25, 0.3) is 5.91 Å². The molecule has 8 nitrogen and oxygen atoms in total. The molecule has 9 heteroatoms. The van der Waals surface area contributed by atoms with Crippen molar-refractivity contribution >= 4 is 29.2 Å². The van der Waals surface area contributed by atoms with Gasteiger partial charge in [0.1, 0.15) is 10.9 Å². The lowest BCUT2D eigenvalue weighted by molar-refractivity contribution is 0.102. The number of phenols is 1. The van der Waals surface area contributed by atoms with Gasteiger partial charge in [0.05, 0.1) is 17.0 Å². The van der Waals surface area contributed by atoms with Crippen LogP contribution in [0.15, 0.2) is 72.9 Å². The first-order valence-corrected chi connectivity index (χ1v) is 11.5. The van der Waals surface area contributed by atoms with Crippen molar-refractivity contribution in [2.75, 3.05) is 5.32 Å². The Balaban J connectivity index is 1.40. The van der Waals surface area contributed by atoms with Crippen molar-refractivity contribution in [3.05, 3.63) is 94.9 Å². The lowest BCUT2D eigenvalue weighted by Crippen LogP contribution is -2.30. The van der Waals surface area contributed by atoms with Gasteiger partial charge in [0, 0.05) is 29.9 Å². The summed E-state index contributed by atoms with van der Waals surface area (Å²) in [5, 5.41) is 20.8. The van der Waals surface area contributed by atoms with Crippen LogP contribution < -0.4 is 10.6 Å². The highest BCUT2D eigenvalue weighted by Gasteiger charge is 2.31. The molecule has 2 aromatic heterocycles. The lowest BCUT2D eigenvalue weighted by atomic mass is 10.1. The minimum atomic E-state index is -0.427. The van der Waals surface area contributed by atoms with E-state index in [1.165, 1.54) is 16.9 Å². The molecular weight excluding hydrogens is 466 g/mol. The molecule has 0 saturated heterocycles. The smallest absolute Gasteiger partial charge is 0.342 e. The Morgan fingerprint density at radius 2 is 1.86 bits per heavy atom. The number of aromatic hydroxyl groups is 1. The first-order valence-electron chi connectivity index (χ1n) is 11.2. The van der Waals surface area contributed by atoms with Gasteiger partial charge in [-0.25, -0.2) is 9.78 Å². The van der Waals surface area contributed by atoms with Crippen LogP contribution in [0.2, 0.25) is 5.15 Å². The third-order valence-electron chi connectivity index (χ3n) is 5.75. The molecular formula is C26H22ClN5O3. The molecule has 5 rings (SSSR count). The van der Waals surface area contributed by atoms with Gasteiger partial charge in [-0.2, -0.15) is 9.78 Å². The largest absolute Gasteiger partial charge is 0.507 e. The summed E-state index contributed by atoms with van der Waals surface area (Å²) in [5.74, 6) is -0.195. The lowest BCUT2D eigenvalue weighted by Gasteiger charge is -2.09. The van der Waals surface area contributed by atoms with Gasteiger partial charge in [-0.3, -0.25) is 4.79 Å². The monoisotopic (exact) mass is 487 g/mol. The van der Waals surface area contributed by atoms with E-state index in [9.17, 15) is 14.7 Å². The van der Waals surface area contributed by atoms with Gasteiger partial charge in [-0.15, -0.1) is 0 Å². The molecule has 1 aliphatic carbocycles. The zero-order chi connectivity index (χ0) is 24.4. The number of halogens is 1. The summed E-state index contributed by atoms with van der Waals surface area (Å²) < 4.78 is 1.37. The number of carbonyl (C=O) groups excluding carboxylic acids is 2. The molecule has 0 radical (unpaired) electrons.